The number of ether oxygens (including phenoxy) is 1. The van der Waals surface area contributed by atoms with Gasteiger partial charge in [-0.2, -0.15) is 0 Å². The molecule has 0 fully saturated rings. The van der Waals surface area contributed by atoms with Crippen molar-refractivity contribution in [1.82, 2.24) is 5.32 Å². The summed E-state index contributed by atoms with van der Waals surface area (Å²) in [6.45, 7) is 5.71. The molecule has 30 heavy (non-hydrogen) atoms. The maximum absolute atomic E-state index is 12.0. The van der Waals surface area contributed by atoms with Crippen LogP contribution in [0.4, 0.5) is 0 Å². The monoisotopic (exact) mass is 407 g/mol. The van der Waals surface area contributed by atoms with E-state index in [9.17, 15) is 4.79 Å². The highest BCUT2D eigenvalue weighted by molar-refractivity contribution is 5.88. The lowest BCUT2D eigenvalue weighted by atomic mass is 10.1. The van der Waals surface area contributed by atoms with Crippen molar-refractivity contribution >= 4 is 16.7 Å². The van der Waals surface area contributed by atoms with Gasteiger partial charge in [0.1, 0.15) is 5.75 Å². The molecule has 0 aliphatic carbocycles. The van der Waals surface area contributed by atoms with Gasteiger partial charge in [0.15, 0.2) is 0 Å². The van der Waals surface area contributed by atoms with Crippen molar-refractivity contribution in [2.45, 2.75) is 65.2 Å². The molecule has 0 saturated carbocycles. The molecule has 0 atom stereocenters. The molecule has 0 aliphatic heterocycles. The second-order valence-corrected chi connectivity index (χ2v) is 7.59. The largest absolute Gasteiger partial charge is 0.493 e. The van der Waals surface area contributed by atoms with Gasteiger partial charge in [0.25, 0.3) is 0 Å². The van der Waals surface area contributed by atoms with Gasteiger partial charge in [0.05, 0.1) is 6.61 Å². The third kappa shape index (κ3) is 8.86. The molecule has 0 aliphatic rings. The number of benzene rings is 2. The molecule has 0 radical (unpaired) electrons. The van der Waals surface area contributed by atoms with Crippen molar-refractivity contribution in [3.63, 3.8) is 0 Å². The Morgan fingerprint density at radius 3 is 2.57 bits per heavy atom. The number of amides is 1. The second-order valence-electron chi connectivity index (χ2n) is 7.59. The number of carbonyl (C=O) groups is 1. The Kier molecular flexibility index (Phi) is 11.4. The molecular weight excluding hydrogens is 370 g/mol. The van der Waals surface area contributed by atoms with Gasteiger partial charge >= 0.3 is 0 Å². The van der Waals surface area contributed by atoms with Gasteiger partial charge in [0.2, 0.25) is 5.91 Å². The highest BCUT2D eigenvalue weighted by atomic mass is 16.5. The summed E-state index contributed by atoms with van der Waals surface area (Å²) in [4.78, 5) is 12.0. The summed E-state index contributed by atoms with van der Waals surface area (Å²) < 4.78 is 5.95. The first-order valence-electron chi connectivity index (χ1n) is 11.5. The van der Waals surface area contributed by atoms with Gasteiger partial charge in [-0.3, -0.25) is 4.79 Å². The van der Waals surface area contributed by atoms with Crippen LogP contribution in [0.25, 0.3) is 10.8 Å². The fraction of sp³-hybridized carbons (Fsp3) is 0.444. The van der Waals surface area contributed by atoms with Crippen molar-refractivity contribution in [2.75, 3.05) is 13.2 Å². The summed E-state index contributed by atoms with van der Waals surface area (Å²) in [7, 11) is 0. The first-order valence-corrected chi connectivity index (χ1v) is 11.5. The molecule has 0 saturated heterocycles. The Labute approximate surface area is 182 Å². The summed E-state index contributed by atoms with van der Waals surface area (Å²) >= 11 is 0. The molecule has 0 heterocycles. The second kappa shape index (κ2) is 14.4. The molecule has 2 aromatic rings. The van der Waals surface area contributed by atoms with Crippen molar-refractivity contribution in [1.29, 1.82) is 0 Å². The van der Waals surface area contributed by atoms with Crippen molar-refractivity contribution in [2.24, 2.45) is 0 Å². The minimum atomic E-state index is 0.162. The van der Waals surface area contributed by atoms with Gasteiger partial charge in [-0.15, -0.1) is 0 Å². The van der Waals surface area contributed by atoms with Crippen LogP contribution in [-0.2, 0) is 4.79 Å². The fourth-order valence-corrected chi connectivity index (χ4v) is 3.45. The smallest absolute Gasteiger partial charge is 0.219 e. The fourth-order valence-electron chi connectivity index (χ4n) is 3.45. The average Bonchev–Trinajstić information content (AvgIpc) is 2.77. The lowest BCUT2D eigenvalue weighted by molar-refractivity contribution is -0.121. The Balaban J connectivity index is 1.55. The van der Waals surface area contributed by atoms with Gasteiger partial charge in [-0.05, 0) is 56.4 Å². The molecule has 0 bridgehead atoms. The van der Waals surface area contributed by atoms with Gasteiger partial charge in [-0.25, -0.2) is 0 Å². The highest BCUT2D eigenvalue weighted by Gasteiger charge is 2.03. The van der Waals surface area contributed by atoms with E-state index in [0.717, 1.165) is 62.6 Å². The van der Waals surface area contributed by atoms with E-state index in [1.807, 2.05) is 24.3 Å². The molecule has 0 aromatic heterocycles. The minimum Gasteiger partial charge on any atom is -0.493 e. The first kappa shape index (κ1) is 23.7. The molecule has 162 valence electrons. The van der Waals surface area contributed by atoms with Crippen LogP contribution >= 0.6 is 0 Å². The van der Waals surface area contributed by atoms with E-state index < -0.39 is 0 Å². The van der Waals surface area contributed by atoms with Crippen LogP contribution in [0.2, 0.25) is 0 Å². The third-order valence-electron chi connectivity index (χ3n) is 5.05. The Hall–Kier alpha value is -2.55. The Bertz CT molecular complexity index is 817. The molecular formula is C27H37NO2. The highest BCUT2D eigenvalue weighted by Crippen LogP contribution is 2.25. The normalized spacial score (nSPS) is 11.9. The van der Waals surface area contributed by atoms with Crippen LogP contribution in [-0.4, -0.2) is 19.1 Å². The zero-order chi connectivity index (χ0) is 21.4. The summed E-state index contributed by atoms with van der Waals surface area (Å²) in [5.74, 6) is 1.09. The lowest BCUT2D eigenvalue weighted by Crippen LogP contribution is -2.24. The lowest BCUT2D eigenvalue weighted by Gasteiger charge is -2.10. The first-order chi connectivity index (χ1) is 14.7. The number of rotatable bonds is 14. The van der Waals surface area contributed by atoms with Crippen LogP contribution in [0.15, 0.2) is 66.3 Å². The number of hydrogen-bond donors (Lipinski definition) is 1. The number of fused-ring (bicyclic) bond motifs is 1. The quantitative estimate of drug-likeness (QED) is 0.271. The summed E-state index contributed by atoms with van der Waals surface area (Å²) in [6.07, 6.45) is 14.4. The van der Waals surface area contributed by atoms with Crippen LogP contribution in [0, 0.1) is 0 Å². The van der Waals surface area contributed by atoms with E-state index in [0.29, 0.717) is 13.0 Å². The van der Waals surface area contributed by atoms with E-state index in [1.165, 1.54) is 11.0 Å². The van der Waals surface area contributed by atoms with E-state index in [4.69, 9.17) is 4.74 Å². The zero-order valence-electron chi connectivity index (χ0n) is 18.7. The molecule has 2 rings (SSSR count). The van der Waals surface area contributed by atoms with Crippen LogP contribution < -0.4 is 10.1 Å². The number of hydrogen-bond acceptors (Lipinski definition) is 2. The molecule has 3 nitrogen and oxygen atoms in total. The number of nitrogens with one attached hydrogen (secondary N) is 1. The van der Waals surface area contributed by atoms with Crippen LogP contribution in [0.1, 0.15) is 65.2 Å². The van der Waals surface area contributed by atoms with E-state index >= 15 is 0 Å². The van der Waals surface area contributed by atoms with Gasteiger partial charge in [-0.1, -0.05) is 74.0 Å². The van der Waals surface area contributed by atoms with E-state index in [1.54, 1.807) is 0 Å². The predicted octanol–water partition coefficient (Wildman–Crippen LogP) is 6.98. The average molecular weight is 408 g/mol. The number of unbranched alkanes of at least 4 members (excludes halogenated alkanes) is 2. The topological polar surface area (TPSA) is 38.3 Å². The molecule has 2 aromatic carbocycles. The maximum atomic E-state index is 12.0. The SMILES string of the molecule is CC/C=C\C(=C/CC)CCCCC(=O)NCCCCOc1cccc2ccccc12. The third-order valence-corrected chi connectivity index (χ3v) is 5.05. The van der Waals surface area contributed by atoms with E-state index in [2.05, 4.69) is 55.6 Å². The maximum Gasteiger partial charge on any atom is 0.219 e. The predicted molar refractivity (Wildman–Crippen MR) is 128 cm³/mol. The molecule has 1 amide bonds. The standard InChI is InChI=1S/C27H37NO2/c1-3-5-14-23(13-4-2)15-6-9-20-27(29)28-21-10-11-22-30-26-19-12-17-24-16-7-8-18-25(24)26/h5,7-8,12-14,16-19H,3-4,6,9-11,15,20-22H2,1-2H3,(H,28,29)/b14-5-,23-13+. The zero-order valence-corrected chi connectivity index (χ0v) is 18.7. The van der Waals surface area contributed by atoms with Crippen molar-refractivity contribution < 1.29 is 9.53 Å². The molecule has 0 spiro atoms. The summed E-state index contributed by atoms with van der Waals surface area (Å²) in [5.41, 5.74) is 1.39. The number of allylic oxidation sites excluding steroid dienone is 4. The van der Waals surface area contributed by atoms with Gasteiger partial charge in [0, 0.05) is 18.4 Å². The van der Waals surface area contributed by atoms with Crippen LogP contribution in [0.5, 0.6) is 5.75 Å². The van der Waals surface area contributed by atoms with E-state index in [-0.39, 0.29) is 5.91 Å². The Morgan fingerprint density at radius 1 is 0.933 bits per heavy atom. The minimum absolute atomic E-state index is 0.162. The Morgan fingerprint density at radius 2 is 1.73 bits per heavy atom. The molecule has 3 heteroatoms. The summed E-state index contributed by atoms with van der Waals surface area (Å²) in [5, 5.41) is 5.38. The summed E-state index contributed by atoms with van der Waals surface area (Å²) in [6, 6.07) is 14.4. The molecule has 1 N–H and O–H groups in total. The van der Waals surface area contributed by atoms with Gasteiger partial charge < -0.3 is 10.1 Å². The van der Waals surface area contributed by atoms with Crippen molar-refractivity contribution in [3.05, 3.63) is 66.3 Å². The van der Waals surface area contributed by atoms with Crippen LogP contribution in [0.3, 0.4) is 0 Å². The number of carbonyl (C=O) groups excluding carboxylic acids is 1. The van der Waals surface area contributed by atoms with Crippen molar-refractivity contribution in [3.8, 4) is 5.75 Å². The molecule has 0 unspecified atom stereocenters.